The molecule has 1 fully saturated rings. The van der Waals surface area contributed by atoms with Crippen molar-refractivity contribution in [3.63, 3.8) is 0 Å². The van der Waals surface area contributed by atoms with E-state index in [2.05, 4.69) is 5.32 Å². The molecule has 3 rings (SSSR count). The number of cyclic esters (lactones) is 1. The molecule has 2 heterocycles. The average Bonchev–Trinajstić information content (AvgIpc) is 2.94. The first kappa shape index (κ1) is 17.5. The Morgan fingerprint density at radius 1 is 1.32 bits per heavy atom. The summed E-state index contributed by atoms with van der Waals surface area (Å²) in [6.07, 6.45) is 1.46. The highest BCUT2D eigenvalue weighted by Gasteiger charge is 2.32. The van der Waals surface area contributed by atoms with Crippen LogP contribution in [-0.4, -0.2) is 45.4 Å². The fourth-order valence-corrected chi connectivity index (χ4v) is 4.09. The highest BCUT2D eigenvalue weighted by Crippen LogP contribution is 2.29. The summed E-state index contributed by atoms with van der Waals surface area (Å²) in [4.78, 5) is 24.5. The molecule has 1 saturated heterocycles. The Bertz CT molecular complexity index is 801. The van der Waals surface area contributed by atoms with Crippen molar-refractivity contribution in [3.05, 3.63) is 41.3 Å². The Balaban J connectivity index is 1.66. The minimum Gasteiger partial charge on any atom is -0.442 e. The smallest absolute Gasteiger partial charge is 0.414 e. The van der Waals surface area contributed by atoms with Crippen molar-refractivity contribution >= 4 is 27.5 Å². The van der Waals surface area contributed by atoms with Crippen LogP contribution in [0.15, 0.2) is 35.7 Å². The van der Waals surface area contributed by atoms with Crippen LogP contribution in [0.5, 0.6) is 0 Å². The zero-order valence-corrected chi connectivity index (χ0v) is 14.7. The molecule has 134 valence electrons. The number of benzene rings is 1. The third-order valence-electron chi connectivity index (χ3n) is 4.32. The first-order valence-electron chi connectivity index (χ1n) is 8.07. The fourth-order valence-electron chi connectivity index (χ4n) is 2.95. The van der Waals surface area contributed by atoms with Gasteiger partial charge in [0, 0.05) is 23.9 Å². The number of carbonyl (C=O) groups is 2. The van der Waals surface area contributed by atoms with Gasteiger partial charge in [-0.3, -0.25) is 9.69 Å². The average molecular weight is 364 g/mol. The molecule has 2 aliphatic heterocycles. The van der Waals surface area contributed by atoms with Gasteiger partial charge in [-0.1, -0.05) is 18.2 Å². The number of amides is 2. The van der Waals surface area contributed by atoms with Crippen LogP contribution >= 0.6 is 0 Å². The van der Waals surface area contributed by atoms with E-state index in [1.54, 1.807) is 6.08 Å². The van der Waals surface area contributed by atoms with Gasteiger partial charge in [0.2, 0.25) is 5.91 Å². The van der Waals surface area contributed by atoms with Gasteiger partial charge in [-0.25, -0.2) is 13.2 Å². The lowest BCUT2D eigenvalue weighted by atomic mass is 9.96. The summed E-state index contributed by atoms with van der Waals surface area (Å²) in [7, 11) is -3.05. The highest BCUT2D eigenvalue weighted by atomic mass is 32.2. The summed E-state index contributed by atoms with van der Waals surface area (Å²) in [5.41, 5.74) is 1.73. The molecule has 0 radical (unpaired) electrons. The van der Waals surface area contributed by atoms with E-state index in [4.69, 9.17) is 4.74 Å². The first-order chi connectivity index (χ1) is 11.8. The van der Waals surface area contributed by atoms with Crippen LogP contribution in [0.4, 0.5) is 10.5 Å². The lowest BCUT2D eigenvalue weighted by Gasteiger charge is -2.18. The van der Waals surface area contributed by atoms with Crippen molar-refractivity contribution in [1.29, 1.82) is 0 Å². The van der Waals surface area contributed by atoms with Gasteiger partial charge in [0.1, 0.15) is 6.10 Å². The summed E-state index contributed by atoms with van der Waals surface area (Å²) in [5.74, 6) is 0.0520. The third kappa shape index (κ3) is 4.19. The molecule has 0 aliphatic carbocycles. The molecule has 7 nitrogen and oxygen atoms in total. The number of hydrogen-bond donors (Lipinski definition) is 1. The number of anilines is 1. The molecule has 1 aromatic carbocycles. The zero-order chi connectivity index (χ0) is 18.0. The lowest BCUT2D eigenvalue weighted by Crippen LogP contribution is -2.33. The highest BCUT2D eigenvalue weighted by molar-refractivity contribution is 7.94. The van der Waals surface area contributed by atoms with E-state index >= 15 is 0 Å². The van der Waals surface area contributed by atoms with Gasteiger partial charge < -0.3 is 10.1 Å². The molecule has 2 aliphatic rings. The summed E-state index contributed by atoms with van der Waals surface area (Å²) in [6, 6.07) is 7.45. The van der Waals surface area contributed by atoms with Gasteiger partial charge in [0.15, 0.2) is 9.84 Å². The van der Waals surface area contributed by atoms with E-state index in [1.165, 1.54) is 17.2 Å². The summed E-state index contributed by atoms with van der Waals surface area (Å²) >= 11 is 0. The summed E-state index contributed by atoms with van der Waals surface area (Å²) < 4.78 is 28.1. The van der Waals surface area contributed by atoms with E-state index in [0.717, 1.165) is 5.56 Å². The van der Waals surface area contributed by atoms with Crippen molar-refractivity contribution in [2.75, 3.05) is 23.7 Å². The monoisotopic (exact) mass is 364 g/mol. The number of ether oxygens (including phenoxy) is 1. The third-order valence-corrected chi connectivity index (χ3v) is 5.69. The van der Waals surface area contributed by atoms with Crippen molar-refractivity contribution in [2.24, 2.45) is 0 Å². The molecular formula is C17H20N2O5S. The molecule has 0 saturated carbocycles. The molecule has 25 heavy (non-hydrogen) atoms. The van der Waals surface area contributed by atoms with Crippen molar-refractivity contribution in [1.82, 2.24) is 5.32 Å². The van der Waals surface area contributed by atoms with Gasteiger partial charge in [0.25, 0.3) is 0 Å². The molecule has 1 N–H and O–H groups in total. The van der Waals surface area contributed by atoms with Crippen LogP contribution in [0.1, 0.15) is 24.8 Å². The first-order valence-corrected chi connectivity index (χ1v) is 9.79. The maximum atomic E-state index is 12.0. The number of nitrogens with one attached hydrogen (secondary N) is 1. The number of rotatable bonds is 4. The van der Waals surface area contributed by atoms with Crippen LogP contribution in [0, 0.1) is 0 Å². The van der Waals surface area contributed by atoms with E-state index in [0.29, 0.717) is 18.7 Å². The normalized spacial score (nSPS) is 24.8. The molecule has 2 amide bonds. The maximum Gasteiger partial charge on any atom is 0.414 e. The second-order valence-electron chi connectivity index (χ2n) is 6.24. The Morgan fingerprint density at radius 3 is 2.64 bits per heavy atom. The topological polar surface area (TPSA) is 92.8 Å². The van der Waals surface area contributed by atoms with Crippen LogP contribution < -0.4 is 10.2 Å². The molecule has 0 bridgehead atoms. The summed E-state index contributed by atoms with van der Waals surface area (Å²) in [5, 5.41) is 3.92. The molecule has 2 atom stereocenters. The van der Waals surface area contributed by atoms with Gasteiger partial charge in [-0.2, -0.15) is 0 Å². The largest absolute Gasteiger partial charge is 0.442 e. The molecule has 0 spiro atoms. The van der Waals surface area contributed by atoms with Gasteiger partial charge in [-0.15, -0.1) is 0 Å². The van der Waals surface area contributed by atoms with Gasteiger partial charge >= 0.3 is 6.09 Å². The second-order valence-corrected chi connectivity index (χ2v) is 8.24. The Labute approximate surface area is 146 Å². The van der Waals surface area contributed by atoms with Crippen LogP contribution in [-0.2, 0) is 19.4 Å². The number of allylic oxidation sites excluding steroid dienone is 1. The van der Waals surface area contributed by atoms with Crippen LogP contribution in [0.3, 0.4) is 0 Å². The Morgan fingerprint density at radius 2 is 2.04 bits per heavy atom. The van der Waals surface area contributed by atoms with E-state index in [1.807, 2.05) is 24.3 Å². The van der Waals surface area contributed by atoms with Gasteiger partial charge in [-0.05, 0) is 24.1 Å². The van der Waals surface area contributed by atoms with Crippen molar-refractivity contribution in [2.45, 2.75) is 25.4 Å². The zero-order valence-electron chi connectivity index (χ0n) is 13.8. The minimum absolute atomic E-state index is 0.0654. The molecule has 1 unspecified atom stereocenters. The molecule has 8 heteroatoms. The maximum absolute atomic E-state index is 12.0. The van der Waals surface area contributed by atoms with Crippen LogP contribution in [0.2, 0.25) is 0 Å². The van der Waals surface area contributed by atoms with E-state index in [9.17, 15) is 18.0 Å². The standard InChI is InChI=1S/C17H20N2O5S/c1-12(20)18-10-16-11-19(17(21)24-16)15-4-2-13(3-5-15)14-6-8-25(22,23)9-7-14/h2-6,8,14,16H,7,9-11H2,1H3,(H,18,20)/t14?,16-/m0/s1. The quantitative estimate of drug-likeness (QED) is 0.875. The molecular weight excluding hydrogens is 344 g/mol. The van der Waals surface area contributed by atoms with Crippen LogP contribution in [0.25, 0.3) is 0 Å². The fraction of sp³-hybridized carbons (Fsp3) is 0.412. The molecule has 0 aromatic heterocycles. The predicted octanol–water partition coefficient (Wildman–Crippen LogP) is 1.56. The summed E-state index contributed by atoms with van der Waals surface area (Å²) in [6.45, 7) is 2.08. The predicted molar refractivity (Wildman–Crippen MR) is 93.0 cm³/mol. The molecule has 1 aromatic rings. The van der Waals surface area contributed by atoms with E-state index in [-0.39, 0.29) is 30.2 Å². The van der Waals surface area contributed by atoms with Gasteiger partial charge in [0.05, 0.1) is 18.8 Å². The Kier molecular flexibility index (Phi) is 4.80. The number of hydrogen-bond acceptors (Lipinski definition) is 5. The second kappa shape index (κ2) is 6.87. The number of sulfone groups is 1. The van der Waals surface area contributed by atoms with Crippen molar-refractivity contribution < 1.29 is 22.7 Å². The number of nitrogens with zero attached hydrogens (tertiary/aromatic N) is 1. The lowest BCUT2D eigenvalue weighted by molar-refractivity contribution is -0.119. The van der Waals surface area contributed by atoms with Crippen molar-refractivity contribution in [3.8, 4) is 0 Å². The Hall–Kier alpha value is -2.35. The number of carbonyl (C=O) groups excluding carboxylic acids is 2. The van der Waals surface area contributed by atoms with E-state index < -0.39 is 15.9 Å². The SMILES string of the molecule is CC(=O)NC[C@H]1CN(c2ccc(C3C=CS(=O)(=O)CC3)cc2)C(=O)O1. The minimum atomic E-state index is -3.05.